The maximum Gasteiger partial charge on any atom is 0.110 e. The monoisotopic (exact) mass is 481 g/mol. The van der Waals surface area contributed by atoms with Crippen molar-refractivity contribution in [2.45, 2.75) is 86.9 Å². The largest absolute Gasteiger partial charge is 0.363 e. The van der Waals surface area contributed by atoms with Gasteiger partial charge in [0.15, 0.2) is 0 Å². The highest BCUT2D eigenvalue weighted by atomic mass is 16.6. The van der Waals surface area contributed by atoms with Crippen molar-refractivity contribution in [2.24, 2.45) is 17.1 Å². The van der Waals surface area contributed by atoms with Crippen LogP contribution in [0.15, 0.2) is 60.0 Å². The second-order valence-electron chi connectivity index (χ2n) is 13.1. The summed E-state index contributed by atoms with van der Waals surface area (Å²) >= 11 is 0. The minimum Gasteiger partial charge on any atom is -0.363 e. The smallest absolute Gasteiger partial charge is 0.110 e. The van der Waals surface area contributed by atoms with Crippen molar-refractivity contribution in [2.75, 3.05) is 13.1 Å². The Balaban J connectivity index is 1.09. The maximum absolute atomic E-state index is 7.50. The molecule has 2 aromatic rings. The normalized spacial score (nSPS) is 46.8. The Morgan fingerprint density at radius 3 is 2.92 bits per heavy atom. The summed E-state index contributed by atoms with van der Waals surface area (Å²) in [5.41, 5.74) is 10.5. The highest BCUT2D eigenvalue weighted by molar-refractivity contribution is 5.82. The van der Waals surface area contributed by atoms with Gasteiger partial charge in [0.1, 0.15) is 12.2 Å². The van der Waals surface area contributed by atoms with E-state index >= 15 is 0 Å². The minimum atomic E-state index is -0.135. The van der Waals surface area contributed by atoms with Crippen molar-refractivity contribution < 1.29 is 9.47 Å². The molecule has 8 atom stereocenters. The molecule has 36 heavy (non-hydrogen) atoms. The van der Waals surface area contributed by atoms with Gasteiger partial charge in [-0.2, -0.15) is 0 Å². The maximum atomic E-state index is 7.50. The number of benzene rings is 1. The van der Waals surface area contributed by atoms with Crippen LogP contribution in [-0.2, 0) is 9.47 Å². The first kappa shape index (κ1) is 20.9. The number of likely N-dealkylation sites (tertiary alicyclic amines) is 1. The van der Waals surface area contributed by atoms with Crippen LogP contribution >= 0.6 is 0 Å². The van der Waals surface area contributed by atoms with E-state index in [4.69, 9.17) is 15.2 Å². The van der Waals surface area contributed by atoms with Gasteiger partial charge in [-0.3, -0.25) is 9.88 Å². The van der Waals surface area contributed by atoms with Gasteiger partial charge in [-0.25, -0.2) is 0 Å². The van der Waals surface area contributed by atoms with Gasteiger partial charge in [-0.15, -0.1) is 0 Å². The summed E-state index contributed by atoms with van der Waals surface area (Å²) in [4.78, 5) is 6.95. The Kier molecular flexibility index (Phi) is 3.89. The number of epoxide rings is 1. The number of pyridine rings is 1. The summed E-state index contributed by atoms with van der Waals surface area (Å²) in [6, 6.07) is 9.98. The highest BCUT2D eigenvalue weighted by Crippen LogP contribution is 2.70. The van der Waals surface area contributed by atoms with Crippen LogP contribution in [0.3, 0.4) is 0 Å². The first-order chi connectivity index (χ1) is 17.5. The molecule has 0 amide bonds. The van der Waals surface area contributed by atoms with Gasteiger partial charge in [0, 0.05) is 43.0 Å². The summed E-state index contributed by atoms with van der Waals surface area (Å²) in [5, 5.41) is 2.53. The van der Waals surface area contributed by atoms with E-state index in [2.05, 4.69) is 53.2 Å². The van der Waals surface area contributed by atoms with Crippen molar-refractivity contribution in [1.82, 2.24) is 9.88 Å². The zero-order valence-electron chi connectivity index (χ0n) is 21.0. The molecule has 7 aliphatic rings. The van der Waals surface area contributed by atoms with E-state index < -0.39 is 0 Å². The minimum absolute atomic E-state index is 0.124. The average Bonchev–Trinajstić information content (AvgIpc) is 3.50. The van der Waals surface area contributed by atoms with Crippen LogP contribution in [0.4, 0.5) is 0 Å². The number of allylic oxidation sites excluding steroid dienone is 1. The van der Waals surface area contributed by atoms with E-state index in [1.807, 2.05) is 12.4 Å². The number of rotatable bonds is 2. The Morgan fingerprint density at radius 2 is 2.03 bits per heavy atom. The van der Waals surface area contributed by atoms with Gasteiger partial charge in [0.25, 0.3) is 0 Å². The zero-order valence-corrected chi connectivity index (χ0v) is 21.0. The van der Waals surface area contributed by atoms with Crippen LogP contribution in [0.1, 0.15) is 56.9 Å². The Morgan fingerprint density at radius 1 is 1.11 bits per heavy atom. The molecule has 2 unspecified atom stereocenters. The van der Waals surface area contributed by atoms with Crippen molar-refractivity contribution in [1.29, 1.82) is 0 Å². The SMILES string of the molecule is C[C@]12CC=C3C=C4[C@H]5OC5[C@@H](N5CC(N)C5)C[C@]45CCC3(O5)[C@@H]1CC[C@@H]2c1ccc2ccncc2c1. The molecule has 0 radical (unpaired) electrons. The number of hydrogen-bond acceptors (Lipinski definition) is 5. The van der Waals surface area contributed by atoms with Gasteiger partial charge < -0.3 is 15.2 Å². The number of nitrogens with two attached hydrogens (primary N) is 1. The lowest BCUT2D eigenvalue weighted by Crippen LogP contribution is -2.64. The molecule has 2 saturated carbocycles. The molecule has 4 aliphatic heterocycles. The van der Waals surface area contributed by atoms with E-state index in [0.717, 1.165) is 38.8 Å². The first-order valence-corrected chi connectivity index (χ1v) is 14.1. The molecule has 1 aromatic heterocycles. The molecule has 3 saturated heterocycles. The lowest BCUT2D eigenvalue weighted by molar-refractivity contribution is -0.140. The van der Waals surface area contributed by atoms with E-state index in [9.17, 15) is 0 Å². The fourth-order valence-corrected chi connectivity index (χ4v) is 9.71. The molecular formula is C31H35N3O2. The zero-order chi connectivity index (χ0) is 23.9. The molecule has 2 N–H and O–H groups in total. The van der Waals surface area contributed by atoms with Gasteiger partial charge >= 0.3 is 0 Å². The molecule has 3 aliphatic carbocycles. The molecule has 5 fully saturated rings. The van der Waals surface area contributed by atoms with Crippen LogP contribution in [0.5, 0.6) is 0 Å². The summed E-state index contributed by atoms with van der Waals surface area (Å²) in [7, 11) is 0. The molecule has 2 spiro atoms. The number of nitrogens with zero attached hydrogens (tertiary/aromatic N) is 2. The fourth-order valence-electron chi connectivity index (χ4n) is 9.71. The predicted molar refractivity (Wildman–Crippen MR) is 138 cm³/mol. The third-order valence-electron chi connectivity index (χ3n) is 11.5. The van der Waals surface area contributed by atoms with Crippen molar-refractivity contribution in [3.63, 3.8) is 0 Å². The highest BCUT2D eigenvalue weighted by Gasteiger charge is 2.71. The lowest BCUT2D eigenvalue weighted by Gasteiger charge is -2.55. The quantitative estimate of drug-likeness (QED) is 0.641. The second-order valence-corrected chi connectivity index (χ2v) is 13.1. The summed E-state index contributed by atoms with van der Waals surface area (Å²) < 4.78 is 13.8. The summed E-state index contributed by atoms with van der Waals surface area (Å²) in [6.07, 6.45) is 16.6. The van der Waals surface area contributed by atoms with Gasteiger partial charge in [0.05, 0.1) is 11.2 Å². The number of ether oxygens (including phenoxy) is 2. The van der Waals surface area contributed by atoms with E-state index in [1.54, 1.807) is 0 Å². The lowest BCUT2D eigenvalue weighted by atomic mass is 9.58. The molecule has 5 heteroatoms. The molecular weight excluding hydrogens is 446 g/mol. The Bertz CT molecular complexity index is 1360. The van der Waals surface area contributed by atoms with Crippen molar-refractivity contribution >= 4 is 10.8 Å². The average molecular weight is 482 g/mol. The van der Waals surface area contributed by atoms with Crippen molar-refractivity contribution in [3.8, 4) is 0 Å². The van der Waals surface area contributed by atoms with E-state index in [-0.39, 0.29) is 22.7 Å². The van der Waals surface area contributed by atoms with Crippen LogP contribution < -0.4 is 5.73 Å². The molecule has 9 rings (SSSR count). The molecule has 186 valence electrons. The molecule has 1 aromatic carbocycles. The Labute approximate surface area is 212 Å². The number of hydrogen-bond donors (Lipinski definition) is 1. The van der Waals surface area contributed by atoms with Crippen LogP contribution in [0.25, 0.3) is 10.8 Å². The number of aromatic nitrogens is 1. The van der Waals surface area contributed by atoms with Gasteiger partial charge in [-0.1, -0.05) is 31.2 Å². The van der Waals surface area contributed by atoms with Crippen LogP contribution in [0.2, 0.25) is 0 Å². The standard InChI is InChI=1S/C31H35N3O2/c1-29-8-6-21-13-24-27-28(35-27)25(34-16-22(32)17-34)14-30(24)9-10-31(21,36-30)26(29)5-4-23(29)19-3-2-18-7-11-33-15-20(18)12-19/h2-3,6-7,11-13,15,22-23,25-28H,4-5,8-10,14,16-17,32H2,1H3/t23-,25+,26-,27-,28?,29-,30-,31?/m1/s1. The van der Waals surface area contributed by atoms with E-state index in [0.29, 0.717) is 30.0 Å². The third kappa shape index (κ3) is 2.49. The van der Waals surface area contributed by atoms with Crippen LogP contribution in [0, 0.1) is 11.3 Å². The Hall–Kier alpha value is -2.05. The van der Waals surface area contributed by atoms with Gasteiger partial charge in [0.2, 0.25) is 0 Å². The molecule has 2 bridgehead atoms. The molecule has 5 heterocycles. The summed E-state index contributed by atoms with van der Waals surface area (Å²) in [5.74, 6) is 1.12. The topological polar surface area (TPSA) is 63.9 Å². The fraction of sp³-hybridized carbons (Fsp3) is 0.581. The predicted octanol–water partition coefficient (Wildman–Crippen LogP) is 4.48. The van der Waals surface area contributed by atoms with Crippen molar-refractivity contribution in [3.05, 3.63) is 65.5 Å². The number of fused-ring (bicyclic) bond motifs is 4. The summed E-state index contributed by atoms with van der Waals surface area (Å²) in [6.45, 7) is 4.57. The van der Waals surface area contributed by atoms with Gasteiger partial charge in [-0.05, 0) is 90.0 Å². The molecule has 5 nitrogen and oxygen atoms in total. The third-order valence-corrected chi connectivity index (χ3v) is 11.5. The first-order valence-electron chi connectivity index (χ1n) is 14.1. The van der Waals surface area contributed by atoms with E-state index in [1.165, 1.54) is 40.3 Å². The second kappa shape index (κ2) is 6.68. The van der Waals surface area contributed by atoms with Crippen LogP contribution in [-0.4, -0.2) is 58.5 Å².